The van der Waals surface area contributed by atoms with Gasteiger partial charge in [0.15, 0.2) is 0 Å². The highest BCUT2D eigenvalue weighted by Gasteiger charge is 2.35. The Bertz CT molecular complexity index is 634. The van der Waals surface area contributed by atoms with Crippen LogP contribution in [-0.2, 0) is 10.0 Å². The van der Waals surface area contributed by atoms with Crippen LogP contribution in [0.3, 0.4) is 0 Å². The largest absolute Gasteiger partial charge is 0.478 e. The Kier molecular flexibility index (Phi) is 3.75. The molecule has 1 aromatic rings. The molecule has 0 radical (unpaired) electrons. The fourth-order valence-corrected chi connectivity index (χ4v) is 4.23. The molecule has 7 heteroatoms. The minimum absolute atomic E-state index is 0.216. The standard InChI is InChI=1S/C13H18N2O4S/c1-13(6-2-3-7-13)15-20(18,19)11-5-4-9(14)8-10(11)12(16)17/h4-5,8,15H,2-3,6-7,14H2,1H3,(H,16,17). The van der Waals surface area contributed by atoms with Crippen LogP contribution in [0.5, 0.6) is 0 Å². The molecule has 0 aromatic heterocycles. The van der Waals surface area contributed by atoms with Gasteiger partial charge in [-0.05, 0) is 38.0 Å². The van der Waals surface area contributed by atoms with E-state index >= 15 is 0 Å². The fraction of sp³-hybridized carbons (Fsp3) is 0.462. The molecule has 20 heavy (non-hydrogen) atoms. The van der Waals surface area contributed by atoms with Crippen LogP contribution >= 0.6 is 0 Å². The molecular weight excluding hydrogens is 280 g/mol. The van der Waals surface area contributed by atoms with Gasteiger partial charge < -0.3 is 10.8 Å². The maximum atomic E-state index is 12.4. The van der Waals surface area contributed by atoms with Crippen molar-refractivity contribution >= 4 is 21.7 Å². The van der Waals surface area contributed by atoms with Crippen LogP contribution in [0.4, 0.5) is 5.69 Å². The lowest BCUT2D eigenvalue weighted by atomic mass is 10.0. The van der Waals surface area contributed by atoms with Crippen molar-refractivity contribution in [3.05, 3.63) is 23.8 Å². The molecule has 1 aliphatic rings. The second-order valence-corrected chi connectivity index (χ2v) is 7.08. The Morgan fingerprint density at radius 3 is 2.50 bits per heavy atom. The third-order valence-corrected chi connectivity index (χ3v) is 5.31. The number of nitrogens with one attached hydrogen (secondary N) is 1. The first-order chi connectivity index (χ1) is 9.23. The van der Waals surface area contributed by atoms with Gasteiger partial charge in [0, 0.05) is 11.2 Å². The number of rotatable bonds is 4. The molecule has 1 saturated carbocycles. The van der Waals surface area contributed by atoms with E-state index in [9.17, 15) is 13.2 Å². The average Bonchev–Trinajstić information content (AvgIpc) is 2.74. The van der Waals surface area contributed by atoms with Crippen LogP contribution < -0.4 is 10.5 Å². The maximum absolute atomic E-state index is 12.4. The third-order valence-electron chi connectivity index (χ3n) is 3.61. The van der Waals surface area contributed by atoms with Crippen molar-refractivity contribution in [2.45, 2.75) is 43.0 Å². The fourth-order valence-electron chi connectivity index (χ4n) is 2.59. The Labute approximate surface area is 118 Å². The molecule has 0 unspecified atom stereocenters. The number of benzene rings is 1. The highest BCUT2D eigenvalue weighted by Crippen LogP contribution is 2.31. The number of carbonyl (C=O) groups is 1. The molecule has 0 heterocycles. The summed E-state index contributed by atoms with van der Waals surface area (Å²) in [6, 6.07) is 3.78. The normalized spacial score (nSPS) is 18.1. The van der Waals surface area contributed by atoms with Gasteiger partial charge in [-0.2, -0.15) is 0 Å². The molecule has 4 N–H and O–H groups in total. The minimum atomic E-state index is -3.88. The number of hydrogen-bond acceptors (Lipinski definition) is 4. The topological polar surface area (TPSA) is 109 Å². The summed E-state index contributed by atoms with van der Waals surface area (Å²) < 4.78 is 27.5. The lowest BCUT2D eigenvalue weighted by molar-refractivity contribution is 0.0692. The van der Waals surface area contributed by atoms with E-state index in [0.717, 1.165) is 31.7 Å². The van der Waals surface area contributed by atoms with Gasteiger partial charge in [0.1, 0.15) is 0 Å². The Hall–Kier alpha value is -1.60. The molecule has 110 valence electrons. The summed E-state index contributed by atoms with van der Waals surface area (Å²) in [5.41, 5.74) is 4.93. The number of anilines is 1. The van der Waals surface area contributed by atoms with E-state index in [1.54, 1.807) is 0 Å². The molecule has 0 atom stereocenters. The molecule has 1 fully saturated rings. The Morgan fingerprint density at radius 2 is 1.95 bits per heavy atom. The van der Waals surface area contributed by atoms with Crippen LogP contribution in [0.1, 0.15) is 43.0 Å². The van der Waals surface area contributed by atoms with Crippen LogP contribution in [-0.4, -0.2) is 25.0 Å². The van der Waals surface area contributed by atoms with Gasteiger partial charge in [0.2, 0.25) is 10.0 Å². The minimum Gasteiger partial charge on any atom is -0.478 e. The van der Waals surface area contributed by atoms with Crippen molar-refractivity contribution in [1.82, 2.24) is 4.72 Å². The first-order valence-electron chi connectivity index (χ1n) is 6.40. The predicted octanol–water partition coefficient (Wildman–Crippen LogP) is 1.58. The van der Waals surface area contributed by atoms with Crippen molar-refractivity contribution in [2.24, 2.45) is 0 Å². The zero-order chi connectivity index (χ0) is 15.0. The van der Waals surface area contributed by atoms with Gasteiger partial charge in [0.25, 0.3) is 0 Å². The van der Waals surface area contributed by atoms with Crippen molar-refractivity contribution in [3.8, 4) is 0 Å². The van der Waals surface area contributed by atoms with E-state index in [-0.39, 0.29) is 16.1 Å². The Morgan fingerprint density at radius 1 is 1.35 bits per heavy atom. The van der Waals surface area contributed by atoms with Crippen LogP contribution in [0, 0.1) is 0 Å². The second-order valence-electron chi connectivity index (χ2n) is 5.43. The van der Waals surface area contributed by atoms with E-state index < -0.39 is 21.5 Å². The van der Waals surface area contributed by atoms with Crippen molar-refractivity contribution in [2.75, 3.05) is 5.73 Å². The van der Waals surface area contributed by atoms with Crippen LogP contribution in [0.25, 0.3) is 0 Å². The number of carboxylic acid groups (broad SMARTS) is 1. The van der Waals surface area contributed by atoms with Crippen LogP contribution in [0.15, 0.2) is 23.1 Å². The number of sulfonamides is 1. The summed E-state index contributed by atoms with van der Waals surface area (Å²) in [6.07, 6.45) is 3.44. The lowest BCUT2D eigenvalue weighted by Gasteiger charge is -2.25. The quantitative estimate of drug-likeness (QED) is 0.731. The predicted molar refractivity (Wildman–Crippen MR) is 75.0 cm³/mol. The highest BCUT2D eigenvalue weighted by molar-refractivity contribution is 7.89. The van der Waals surface area contributed by atoms with Gasteiger partial charge in [-0.15, -0.1) is 0 Å². The van der Waals surface area contributed by atoms with Crippen molar-refractivity contribution in [3.63, 3.8) is 0 Å². The first kappa shape index (κ1) is 14.8. The van der Waals surface area contributed by atoms with Crippen molar-refractivity contribution in [1.29, 1.82) is 0 Å². The van der Waals surface area contributed by atoms with Gasteiger partial charge >= 0.3 is 5.97 Å². The number of aromatic carboxylic acids is 1. The molecular formula is C13H18N2O4S. The second kappa shape index (κ2) is 5.06. The van der Waals surface area contributed by atoms with E-state index in [4.69, 9.17) is 10.8 Å². The Balaban J connectivity index is 2.41. The number of carboxylic acids is 1. The zero-order valence-electron chi connectivity index (χ0n) is 11.2. The van der Waals surface area contributed by atoms with E-state index in [0.29, 0.717) is 0 Å². The first-order valence-corrected chi connectivity index (χ1v) is 7.89. The zero-order valence-corrected chi connectivity index (χ0v) is 12.0. The van der Waals surface area contributed by atoms with E-state index in [1.165, 1.54) is 12.1 Å². The van der Waals surface area contributed by atoms with Gasteiger partial charge in [-0.25, -0.2) is 17.9 Å². The average molecular weight is 298 g/mol. The molecule has 0 bridgehead atoms. The van der Waals surface area contributed by atoms with Gasteiger partial charge in [0.05, 0.1) is 10.5 Å². The maximum Gasteiger partial charge on any atom is 0.337 e. The SMILES string of the molecule is CC1(NS(=O)(=O)c2ccc(N)cc2C(=O)O)CCCC1. The molecule has 1 aliphatic carbocycles. The number of nitrogens with two attached hydrogens (primary N) is 1. The summed E-state index contributed by atoms with van der Waals surface area (Å²) in [4.78, 5) is 10.9. The lowest BCUT2D eigenvalue weighted by Crippen LogP contribution is -2.43. The summed E-state index contributed by atoms with van der Waals surface area (Å²) in [7, 11) is -3.88. The summed E-state index contributed by atoms with van der Waals surface area (Å²) in [6.45, 7) is 1.84. The van der Waals surface area contributed by atoms with Gasteiger partial charge in [-0.1, -0.05) is 12.8 Å². The third kappa shape index (κ3) is 2.94. The van der Waals surface area contributed by atoms with E-state index in [2.05, 4.69) is 4.72 Å². The molecule has 0 spiro atoms. The number of hydrogen-bond donors (Lipinski definition) is 3. The molecule has 0 saturated heterocycles. The van der Waals surface area contributed by atoms with E-state index in [1.807, 2.05) is 6.92 Å². The highest BCUT2D eigenvalue weighted by atomic mass is 32.2. The van der Waals surface area contributed by atoms with Crippen LogP contribution in [0.2, 0.25) is 0 Å². The molecule has 1 aromatic carbocycles. The van der Waals surface area contributed by atoms with Gasteiger partial charge in [-0.3, -0.25) is 0 Å². The smallest absolute Gasteiger partial charge is 0.337 e. The molecule has 0 aliphatic heterocycles. The summed E-state index contributed by atoms with van der Waals surface area (Å²) in [5, 5.41) is 9.13. The molecule has 2 rings (SSSR count). The monoisotopic (exact) mass is 298 g/mol. The van der Waals surface area contributed by atoms with Crippen molar-refractivity contribution < 1.29 is 18.3 Å². The summed E-state index contributed by atoms with van der Waals surface area (Å²) >= 11 is 0. The molecule has 6 nitrogen and oxygen atoms in total. The number of nitrogen functional groups attached to an aromatic ring is 1. The molecule has 0 amide bonds. The summed E-state index contributed by atoms with van der Waals surface area (Å²) in [5.74, 6) is -1.31.